The minimum atomic E-state index is 1.26. The van der Waals surface area contributed by atoms with Gasteiger partial charge < -0.3 is 9.80 Å². The lowest BCUT2D eigenvalue weighted by molar-refractivity contribution is 0.152. The summed E-state index contributed by atoms with van der Waals surface area (Å²) in [6, 6.07) is 0. The molecule has 0 N–H and O–H groups in total. The molecule has 0 saturated carbocycles. The van der Waals surface area contributed by atoms with Crippen LogP contribution in [0.2, 0.25) is 0 Å². The fourth-order valence-electron chi connectivity index (χ4n) is 1.83. The average Bonchev–Trinajstić information content (AvgIpc) is 2.15. The fourth-order valence-corrected chi connectivity index (χ4v) is 1.83. The third-order valence-corrected chi connectivity index (χ3v) is 2.92. The summed E-state index contributed by atoms with van der Waals surface area (Å²) in [5.41, 5.74) is 0. The molecule has 1 fully saturated rings. The molecule has 13 heavy (non-hydrogen) atoms. The highest BCUT2D eigenvalue weighted by atomic mass is 15.2. The van der Waals surface area contributed by atoms with Crippen LogP contribution in [0.5, 0.6) is 0 Å². The van der Waals surface area contributed by atoms with Crippen LogP contribution in [0.25, 0.3) is 0 Å². The van der Waals surface area contributed by atoms with E-state index in [1.54, 1.807) is 0 Å². The zero-order valence-corrected chi connectivity index (χ0v) is 9.26. The summed E-state index contributed by atoms with van der Waals surface area (Å²) < 4.78 is 0. The van der Waals surface area contributed by atoms with Gasteiger partial charge in [-0.15, -0.1) is 0 Å². The van der Waals surface area contributed by atoms with E-state index in [-0.39, 0.29) is 0 Å². The van der Waals surface area contributed by atoms with Gasteiger partial charge in [0.2, 0.25) is 0 Å². The summed E-state index contributed by atoms with van der Waals surface area (Å²) >= 11 is 0. The predicted molar refractivity (Wildman–Crippen MR) is 58.1 cm³/mol. The molecular weight excluding hydrogens is 160 g/mol. The summed E-state index contributed by atoms with van der Waals surface area (Å²) in [6.45, 7) is 8.68. The third-order valence-electron chi connectivity index (χ3n) is 2.92. The highest BCUT2D eigenvalue weighted by molar-refractivity contribution is 4.68. The maximum atomic E-state index is 2.61. The van der Waals surface area contributed by atoms with Gasteiger partial charge in [-0.1, -0.05) is 26.2 Å². The molecule has 1 aliphatic rings. The summed E-state index contributed by atoms with van der Waals surface area (Å²) in [5.74, 6) is 0. The van der Waals surface area contributed by atoms with Crippen LogP contribution in [0.3, 0.4) is 0 Å². The predicted octanol–water partition coefficient (Wildman–Crippen LogP) is 1.81. The summed E-state index contributed by atoms with van der Waals surface area (Å²) in [5, 5.41) is 0. The Hall–Kier alpha value is -0.0800. The number of hydrogen-bond donors (Lipinski definition) is 0. The van der Waals surface area contributed by atoms with E-state index in [1.165, 1.54) is 58.4 Å². The Morgan fingerprint density at radius 2 is 1.62 bits per heavy atom. The molecule has 0 aromatic carbocycles. The van der Waals surface area contributed by atoms with E-state index < -0.39 is 0 Å². The smallest absolute Gasteiger partial charge is 0.0110 e. The average molecular weight is 184 g/mol. The monoisotopic (exact) mass is 184 g/mol. The van der Waals surface area contributed by atoms with Gasteiger partial charge in [-0.3, -0.25) is 0 Å². The van der Waals surface area contributed by atoms with E-state index >= 15 is 0 Å². The molecule has 0 radical (unpaired) electrons. The number of nitrogens with zero attached hydrogens (tertiary/aromatic N) is 2. The molecule has 0 spiro atoms. The van der Waals surface area contributed by atoms with Gasteiger partial charge in [0.05, 0.1) is 0 Å². The Balaban J connectivity index is 1.96. The lowest BCUT2D eigenvalue weighted by atomic mass is 10.2. The first-order valence-corrected chi connectivity index (χ1v) is 5.74. The van der Waals surface area contributed by atoms with Crippen molar-refractivity contribution in [3.8, 4) is 0 Å². The highest BCUT2D eigenvalue weighted by Crippen LogP contribution is 2.04. The summed E-state index contributed by atoms with van der Waals surface area (Å²) in [6.07, 6.45) is 5.58. The van der Waals surface area contributed by atoms with Gasteiger partial charge in [0.1, 0.15) is 0 Å². The van der Waals surface area contributed by atoms with Gasteiger partial charge in [0.25, 0.3) is 0 Å². The van der Waals surface area contributed by atoms with Crippen LogP contribution in [-0.2, 0) is 0 Å². The number of hydrogen-bond acceptors (Lipinski definition) is 2. The largest absolute Gasteiger partial charge is 0.304 e. The topological polar surface area (TPSA) is 6.48 Å². The number of rotatable bonds is 5. The van der Waals surface area contributed by atoms with Crippen molar-refractivity contribution in [3.63, 3.8) is 0 Å². The highest BCUT2D eigenvalue weighted by Gasteiger charge is 2.12. The van der Waals surface area contributed by atoms with Gasteiger partial charge in [-0.2, -0.15) is 0 Å². The van der Waals surface area contributed by atoms with Crippen molar-refractivity contribution >= 4 is 0 Å². The van der Waals surface area contributed by atoms with Crippen LogP contribution in [0.1, 0.15) is 32.6 Å². The fraction of sp³-hybridized carbons (Fsp3) is 1.00. The molecule has 0 aromatic rings. The molecule has 2 heteroatoms. The first kappa shape index (κ1) is 11.0. The minimum Gasteiger partial charge on any atom is -0.304 e. The van der Waals surface area contributed by atoms with Gasteiger partial charge in [0, 0.05) is 26.2 Å². The quantitative estimate of drug-likeness (QED) is 0.601. The molecule has 0 unspecified atom stereocenters. The van der Waals surface area contributed by atoms with Crippen LogP contribution in [0.15, 0.2) is 0 Å². The van der Waals surface area contributed by atoms with E-state index in [2.05, 4.69) is 23.8 Å². The van der Waals surface area contributed by atoms with E-state index in [0.29, 0.717) is 0 Å². The van der Waals surface area contributed by atoms with E-state index in [4.69, 9.17) is 0 Å². The van der Waals surface area contributed by atoms with E-state index in [0.717, 1.165) is 0 Å². The molecule has 0 bridgehead atoms. The SMILES string of the molecule is CCCCCCN1CCN(C)CC1. The third kappa shape index (κ3) is 4.63. The first-order chi connectivity index (χ1) is 6.33. The number of likely N-dealkylation sites (N-methyl/N-ethyl adjacent to an activating group) is 1. The van der Waals surface area contributed by atoms with E-state index in [9.17, 15) is 0 Å². The van der Waals surface area contributed by atoms with Crippen molar-refractivity contribution in [1.82, 2.24) is 9.80 Å². The molecule has 0 atom stereocenters. The van der Waals surface area contributed by atoms with Gasteiger partial charge in [-0.05, 0) is 20.0 Å². The number of unbranched alkanes of at least 4 members (excludes halogenated alkanes) is 3. The second kappa shape index (κ2) is 6.39. The van der Waals surface area contributed by atoms with Gasteiger partial charge in [0.15, 0.2) is 0 Å². The Morgan fingerprint density at radius 3 is 2.23 bits per heavy atom. The molecule has 1 saturated heterocycles. The van der Waals surface area contributed by atoms with Crippen molar-refractivity contribution in [2.45, 2.75) is 32.6 Å². The number of piperazine rings is 1. The molecule has 1 rings (SSSR count). The molecule has 78 valence electrons. The van der Waals surface area contributed by atoms with Crippen LogP contribution < -0.4 is 0 Å². The van der Waals surface area contributed by atoms with E-state index in [1.807, 2.05) is 0 Å². The van der Waals surface area contributed by atoms with Crippen LogP contribution in [0, 0.1) is 0 Å². The summed E-state index contributed by atoms with van der Waals surface area (Å²) in [4.78, 5) is 5.03. The molecule has 0 aliphatic carbocycles. The molecular formula is C11H24N2. The normalized spacial score (nSPS) is 20.8. The molecule has 1 heterocycles. The summed E-state index contributed by atoms with van der Waals surface area (Å²) in [7, 11) is 2.22. The lowest BCUT2D eigenvalue weighted by Gasteiger charge is -2.32. The van der Waals surface area contributed by atoms with Crippen molar-refractivity contribution in [2.24, 2.45) is 0 Å². The maximum Gasteiger partial charge on any atom is 0.0110 e. The molecule has 2 nitrogen and oxygen atoms in total. The van der Waals surface area contributed by atoms with Crippen molar-refractivity contribution in [1.29, 1.82) is 0 Å². The Morgan fingerprint density at radius 1 is 0.923 bits per heavy atom. The maximum absolute atomic E-state index is 2.61. The Labute approximate surface area is 82.9 Å². The molecule has 0 aromatic heterocycles. The Kier molecular flexibility index (Phi) is 5.40. The van der Waals surface area contributed by atoms with Gasteiger partial charge in [-0.25, -0.2) is 0 Å². The zero-order chi connectivity index (χ0) is 9.52. The molecule has 0 amide bonds. The van der Waals surface area contributed by atoms with Crippen LogP contribution >= 0.6 is 0 Å². The second-order valence-electron chi connectivity index (χ2n) is 4.21. The second-order valence-corrected chi connectivity index (χ2v) is 4.21. The standard InChI is InChI=1S/C11H24N2/c1-3-4-5-6-7-13-10-8-12(2)9-11-13/h3-11H2,1-2H3. The first-order valence-electron chi connectivity index (χ1n) is 5.74. The van der Waals surface area contributed by atoms with Gasteiger partial charge >= 0.3 is 0 Å². The van der Waals surface area contributed by atoms with Crippen molar-refractivity contribution in [3.05, 3.63) is 0 Å². The lowest BCUT2D eigenvalue weighted by Crippen LogP contribution is -2.44. The van der Waals surface area contributed by atoms with Crippen molar-refractivity contribution in [2.75, 3.05) is 39.8 Å². The van der Waals surface area contributed by atoms with Crippen molar-refractivity contribution < 1.29 is 0 Å². The molecule has 1 aliphatic heterocycles. The van der Waals surface area contributed by atoms with Crippen LogP contribution in [0.4, 0.5) is 0 Å². The minimum absolute atomic E-state index is 1.26. The zero-order valence-electron chi connectivity index (χ0n) is 9.26. The van der Waals surface area contributed by atoms with Crippen LogP contribution in [-0.4, -0.2) is 49.6 Å². The Bertz CT molecular complexity index is 117.